The Balaban J connectivity index is 2.35. The van der Waals surface area contributed by atoms with Crippen LogP contribution in [-0.4, -0.2) is 40.3 Å². The number of ether oxygens (including phenoxy) is 1. The largest absolute Gasteiger partial charge is 0.494 e. The Morgan fingerprint density at radius 3 is 1.81 bits per heavy atom. The third-order valence-corrected chi connectivity index (χ3v) is 7.15. The minimum atomic E-state index is -4.52. The van der Waals surface area contributed by atoms with Crippen molar-refractivity contribution in [3.8, 4) is 5.75 Å². The van der Waals surface area contributed by atoms with Gasteiger partial charge in [0, 0.05) is 6.42 Å². The van der Waals surface area contributed by atoms with Crippen LogP contribution in [0.3, 0.4) is 0 Å². The van der Waals surface area contributed by atoms with Crippen molar-refractivity contribution in [3.05, 3.63) is 29.8 Å². The van der Waals surface area contributed by atoms with Crippen LogP contribution < -0.4 is 10.1 Å². The van der Waals surface area contributed by atoms with E-state index in [1.807, 2.05) is 6.92 Å². The topological polar surface area (TPSA) is 113 Å². The molecule has 37 heavy (non-hydrogen) atoms. The van der Waals surface area contributed by atoms with E-state index in [2.05, 4.69) is 12.2 Å². The molecule has 0 heterocycles. The Morgan fingerprint density at radius 1 is 0.811 bits per heavy atom. The third kappa shape index (κ3) is 18.2. The highest BCUT2D eigenvalue weighted by atomic mass is 31.2. The fourth-order valence-corrected chi connectivity index (χ4v) is 4.93. The van der Waals surface area contributed by atoms with Crippen molar-refractivity contribution in [2.24, 2.45) is 0 Å². The molecule has 0 unspecified atom stereocenters. The van der Waals surface area contributed by atoms with Gasteiger partial charge in [0.25, 0.3) is 0 Å². The van der Waals surface area contributed by atoms with Crippen LogP contribution in [0.1, 0.15) is 116 Å². The molecule has 0 bridgehead atoms. The van der Waals surface area contributed by atoms with E-state index in [9.17, 15) is 23.9 Å². The molecule has 0 radical (unpaired) electrons. The highest BCUT2D eigenvalue weighted by Gasteiger charge is 2.27. The molecule has 0 aliphatic rings. The van der Waals surface area contributed by atoms with E-state index in [1.54, 1.807) is 24.3 Å². The van der Waals surface area contributed by atoms with Crippen LogP contribution in [-0.2, 0) is 20.6 Å². The maximum atomic E-state index is 12.6. The summed E-state index contributed by atoms with van der Waals surface area (Å²) in [5, 5.41) is 2.72. The molecule has 8 heteroatoms. The zero-order chi connectivity index (χ0) is 27.4. The molecule has 1 atom stereocenters. The summed E-state index contributed by atoms with van der Waals surface area (Å²) in [4.78, 5) is 43.6. The Bertz CT molecular complexity index is 792. The molecule has 0 aromatic heterocycles. The first-order valence-corrected chi connectivity index (χ1v) is 16.1. The maximum absolute atomic E-state index is 12.6. The molecule has 212 valence electrons. The lowest BCUT2D eigenvalue weighted by Gasteiger charge is -2.18. The van der Waals surface area contributed by atoms with Gasteiger partial charge in [-0.05, 0) is 37.0 Å². The van der Waals surface area contributed by atoms with E-state index in [-0.39, 0.29) is 12.3 Å². The van der Waals surface area contributed by atoms with E-state index >= 15 is 0 Å². The molecule has 3 N–H and O–H groups in total. The van der Waals surface area contributed by atoms with Crippen molar-refractivity contribution < 1.29 is 28.7 Å². The Labute approximate surface area is 224 Å². The van der Waals surface area contributed by atoms with Crippen molar-refractivity contribution in [2.75, 3.05) is 12.8 Å². The summed E-state index contributed by atoms with van der Waals surface area (Å²) in [6.45, 7) is 4.87. The van der Waals surface area contributed by atoms with Gasteiger partial charge in [-0.15, -0.1) is 0 Å². The van der Waals surface area contributed by atoms with Crippen LogP contribution in [0.15, 0.2) is 24.3 Å². The second-order valence-corrected chi connectivity index (χ2v) is 11.7. The molecule has 0 aliphatic heterocycles. The van der Waals surface area contributed by atoms with Crippen molar-refractivity contribution in [1.29, 1.82) is 0 Å². The second kappa shape index (κ2) is 20.3. The molecule has 1 rings (SSSR count). The average Bonchev–Trinajstić information content (AvgIpc) is 2.85. The van der Waals surface area contributed by atoms with Gasteiger partial charge in [0.05, 0.1) is 12.6 Å². The maximum Gasteiger partial charge on any atom is 0.333 e. The van der Waals surface area contributed by atoms with Crippen LogP contribution in [0.5, 0.6) is 5.75 Å². The van der Waals surface area contributed by atoms with Crippen molar-refractivity contribution in [3.63, 3.8) is 0 Å². The molecular formula is C29H50NO6P. The standard InChI is InChI=1S/C29H50NO6P/c1-3-5-6-7-8-9-10-11-12-13-14-15-16-17-29(32)30-27(28(31)24-37(33,34)35)23-25-18-20-26(21-19-25)36-22-4-2/h18-21,27H,3-17,22-24H2,1-2H3,(H,30,32)(H2,33,34,35)/t27-/m0/s1. The summed E-state index contributed by atoms with van der Waals surface area (Å²) >= 11 is 0. The van der Waals surface area contributed by atoms with E-state index in [0.29, 0.717) is 13.0 Å². The summed E-state index contributed by atoms with van der Waals surface area (Å²) in [7, 11) is -4.52. The third-order valence-electron chi connectivity index (χ3n) is 6.43. The Kier molecular flexibility index (Phi) is 18.3. The van der Waals surface area contributed by atoms with Gasteiger partial charge >= 0.3 is 7.60 Å². The lowest BCUT2D eigenvalue weighted by Crippen LogP contribution is -2.43. The van der Waals surface area contributed by atoms with Gasteiger partial charge in [0.2, 0.25) is 5.91 Å². The van der Waals surface area contributed by atoms with Gasteiger partial charge in [-0.1, -0.05) is 103 Å². The predicted octanol–water partition coefficient (Wildman–Crippen LogP) is 6.73. The molecule has 0 saturated heterocycles. The minimum Gasteiger partial charge on any atom is -0.494 e. The number of benzene rings is 1. The monoisotopic (exact) mass is 539 g/mol. The van der Waals surface area contributed by atoms with Crippen molar-refractivity contribution >= 4 is 19.3 Å². The fraction of sp³-hybridized carbons (Fsp3) is 0.724. The van der Waals surface area contributed by atoms with Gasteiger partial charge in [-0.3, -0.25) is 14.2 Å². The van der Waals surface area contributed by atoms with Crippen molar-refractivity contribution in [1.82, 2.24) is 5.32 Å². The number of nitrogens with one attached hydrogen (secondary N) is 1. The van der Waals surface area contributed by atoms with Gasteiger partial charge in [0.15, 0.2) is 5.78 Å². The lowest BCUT2D eigenvalue weighted by atomic mass is 10.0. The predicted molar refractivity (Wildman–Crippen MR) is 150 cm³/mol. The lowest BCUT2D eigenvalue weighted by molar-refractivity contribution is -0.126. The molecule has 1 amide bonds. The van der Waals surface area contributed by atoms with E-state index in [4.69, 9.17) is 4.74 Å². The van der Waals surface area contributed by atoms with Crippen LogP contribution in [0, 0.1) is 0 Å². The molecule has 0 fully saturated rings. The van der Waals surface area contributed by atoms with Crippen LogP contribution in [0.2, 0.25) is 0 Å². The van der Waals surface area contributed by atoms with Gasteiger partial charge < -0.3 is 19.8 Å². The second-order valence-electron chi connectivity index (χ2n) is 10.1. The number of carbonyl (C=O) groups excluding carboxylic acids is 2. The fourth-order valence-electron chi connectivity index (χ4n) is 4.31. The number of ketones is 1. The van der Waals surface area contributed by atoms with Gasteiger partial charge in [-0.25, -0.2) is 0 Å². The smallest absolute Gasteiger partial charge is 0.333 e. The summed E-state index contributed by atoms with van der Waals surface area (Å²) in [5.74, 6) is -0.191. The molecule has 0 aliphatic carbocycles. The first-order chi connectivity index (χ1) is 17.7. The number of amides is 1. The zero-order valence-corrected chi connectivity index (χ0v) is 24.0. The van der Waals surface area contributed by atoms with Crippen LogP contribution >= 0.6 is 7.60 Å². The number of carbonyl (C=O) groups is 2. The number of hydrogen-bond acceptors (Lipinski definition) is 4. The number of hydrogen-bond donors (Lipinski definition) is 3. The highest BCUT2D eigenvalue weighted by molar-refractivity contribution is 7.52. The molecule has 1 aromatic rings. The molecule has 0 spiro atoms. The summed E-state index contributed by atoms with van der Waals surface area (Å²) in [6, 6.07) is 6.24. The van der Waals surface area contributed by atoms with Gasteiger partial charge in [-0.2, -0.15) is 0 Å². The number of rotatable bonds is 23. The first kappa shape index (κ1) is 33.3. The van der Waals surface area contributed by atoms with Crippen LogP contribution in [0.4, 0.5) is 0 Å². The highest BCUT2D eigenvalue weighted by Crippen LogP contribution is 2.34. The first-order valence-electron chi connectivity index (χ1n) is 14.3. The van der Waals surface area contributed by atoms with E-state index in [1.165, 1.54) is 64.2 Å². The Hall–Kier alpha value is -1.69. The van der Waals surface area contributed by atoms with Crippen molar-refractivity contribution in [2.45, 2.75) is 123 Å². The summed E-state index contributed by atoms with van der Waals surface area (Å²) in [6.07, 6.45) is 16.4. The van der Waals surface area contributed by atoms with Crippen LogP contribution in [0.25, 0.3) is 0 Å². The minimum absolute atomic E-state index is 0.178. The molecular weight excluding hydrogens is 489 g/mol. The number of Topliss-reactive ketones (excluding diaryl/α,β-unsaturated/α-hetero) is 1. The van der Waals surface area contributed by atoms with E-state index < -0.39 is 25.6 Å². The quantitative estimate of drug-likeness (QED) is 0.105. The van der Waals surface area contributed by atoms with Gasteiger partial charge in [0.1, 0.15) is 11.9 Å². The number of unbranched alkanes of at least 4 members (excludes halogenated alkanes) is 12. The average molecular weight is 540 g/mol. The SMILES string of the molecule is CCCCCCCCCCCCCCCC(=O)N[C@@H](Cc1ccc(OCCC)cc1)C(=O)CP(=O)(O)O. The normalized spacial score (nSPS) is 12.3. The molecule has 0 saturated carbocycles. The Morgan fingerprint density at radius 2 is 1.32 bits per heavy atom. The zero-order valence-electron chi connectivity index (χ0n) is 23.1. The summed E-state index contributed by atoms with van der Waals surface area (Å²) in [5.41, 5.74) is 0.786. The molecule has 1 aromatic carbocycles. The summed E-state index contributed by atoms with van der Waals surface area (Å²) < 4.78 is 16.9. The van der Waals surface area contributed by atoms with E-state index in [0.717, 1.165) is 37.0 Å². The molecule has 7 nitrogen and oxygen atoms in total.